The maximum Gasteiger partial charge on any atom is 0.244 e. The topological polar surface area (TPSA) is 87.0 Å². The highest BCUT2D eigenvalue weighted by Crippen LogP contribution is 2.33. The van der Waals surface area contributed by atoms with E-state index < -0.39 is 5.25 Å². The molecule has 0 saturated heterocycles. The average Bonchev–Trinajstić information content (AvgIpc) is 3.64. The summed E-state index contributed by atoms with van der Waals surface area (Å²) < 4.78 is 12.8. The summed E-state index contributed by atoms with van der Waals surface area (Å²) in [4.78, 5) is 18.3. The molecule has 0 aliphatic carbocycles. The molecular formula is C26H18N4O3S. The molecule has 2 aromatic carbocycles. The highest BCUT2D eigenvalue weighted by molar-refractivity contribution is 8.00. The Bertz CT molecular complexity index is 1570. The zero-order valence-electron chi connectivity index (χ0n) is 18.1. The second-order valence-corrected chi connectivity index (χ2v) is 9.02. The van der Waals surface area contributed by atoms with Gasteiger partial charge in [0.05, 0.1) is 28.8 Å². The third-order valence-corrected chi connectivity index (χ3v) is 6.55. The van der Waals surface area contributed by atoms with E-state index in [0.717, 1.165) is 21.8 Å². The molecule has 1 atom stereocenters. The van der Waals surface area contributed by atoms with E-state index in [4.69, 9.17) is 8.83 Å². The molecule has 1 unspecified atom stereocenters. The minimum atomic E-state index is -0.458. The van der Waals surface area contributed by atoms with E-state index >= 15 is 0 Å². The molecule has 0 spiro atoms. The molecule has 166 valence electrons. The first kappa shape index (κ1) is 20.4. The van der Waals surface area contributed by atoms with Crippen LogP contribution in [0.25, 0.3) is 44.7 Å². The highest BCUT2D eigenvalue weighted by Gasteiger charge is 2.24. The van der Waals surface area contributed by atoms with Gasteiger partial charge in [0.15, 0.2) is 17.2 Å². The van der Waals surface area contributed by atoms with Crippen LogP contribution in [0.5, 0.6) is 0 Å². The van der Waals surface area contributed by atoms with Crippen molar-refractivity contribution in [2.24, 2.45) is 0 Å². The summed E-state index contributed by atoms with van der Waals surface area (Å²) in [6.45, 7) is 1.85. The van der Waals surface area contributed by atoms with E-state index in [-0.39, 0.29) is 5.91 Å². The van der Waals surface area contributed by atoms with E-state index in [1.54, 1.807) is 41.4 Å². The zero-order chi connectivity index (χ0) is 23.1. The van der Waals surface area contributed by atoms with Crippen molar-refractivity contribution in [2.45, 2.75) is 17.3 Å². The smallest absolute Gasteiger partial charge is 0.244 e. The molecule has 0 amide bonds. The van der Waals surface area contributed by atoms with Crippen molar-refractivity contribution < 1.29 is 13.6 Å². The van der Waals surface area contributed by atoms with Crippen LogP contribution in [-0.2, 0) is 0 Å². The zero-order valence-corrected chi connectivity index (χ0v) is 18.9. The predicted octanol–water partition coefficient (Wildman–Crippen LogP) is 6.32. The number of furan rings is 2. The number of carbonyl (C=O) groups is 1. The molecule has 0 radical (unpaired) electrons. The first-order valence-corrected chi connectivity index (χ1v) is 11.6. The number of aromatic nitrogens is 4. The summed E-state index contributed by atoms with van der Waals surface area (Å²) >= 11 is 1.26. The Morgan fingerprint density at radius 3 is 1.97 bits per heavy atom. The van der Waals surface area contributed by atoms with Crippen molar-refractivity contribution >= 4 is 39.5 Å². The second-order valence-electron chi connectivity index (χ2n) is 7.71. The van der Waals surface area contributed by atoms with Gasteiger partial charge in [0.25, 0.3) is 0 Å². The Morgan fingerprint density at radius 1 is 0.794 bits per heavy atom. The van der Waals surface area contributed by atoms with Gasteiger partial charge in [-0.05, 0) is 43.3 Å². The molecule has 6 aromatic rings. The number of benzene rings is 2. The first-order chi connectivity index (χ1) is 16.7. The fourth-order valence-electron chi connectivity index (χ4n) is 4.08. The summed E-state index contributed by atoms with van der Waals surface area (Å²) in [5.74, 6) is 1.03. The van der Waals surface area contributed by atoms with Gasteiger partial charge in [-0.1, -0.05) is 48.2 Å². The number of rotatable bonds is 5. The summed E-state index contributed by atoms with van der Waals surface area (Å²) in [6.07, 6.45) is 3.14. The lowest BCUT2D eigenvalue weighted by Crippen LogP contribution is -2.21. The highest BCUT2D eigenvalue weighted by atomic mass is 32.2. The lowest BCUT2D eigenvalue weighted by atomic mass is 10.2. The minimum Gasteiger partial charge on any atom is -0.463 e. The van der Waals surface area contributed by atoms with Crippen LogP contribution in [0.15, 0.2) is 99.3 Å². The van der Waals surface area contributed by atoms with Crippen LogP contribution in [0.4, 0.5) is 0 Å². The van der Waals surface area contributed by atoms with Crippen LogP contribution in [0.3, 0.4) is 0 Å². The van der Waals surface area contributed by atoms with Crippen LogP contribution in [-0.4, -0.2) is 30.9 Å². The van der Waals surface area contributed by atoms with E-state index in [2.05, 4.69) is 15.2 Å². The summed E-state index contributed by atoms with van der Waals surface area (Å²) in [5, 5.41) is 10.6. The third kappa shape index (κ3) is 3.39. The van der Waals surface area contributed by atoms with Crippen LogP contribution >= 0.6 is 11.8 Å². The Balaban J connectivity index is 1.38. The number of carbonyl (C=O) groups excluding carboxylic acids is 1. The van der Waals surface area contributed by atoms with Crippen molar-refractivity contribution in [3.05, 3.63) is 85.3 Å². The summed E-state index contributed by atoms with van der Waals surface area (Å²) in [6, 6.07) is 23.0. The molecule has 6 rings (SSSR count). The largest absolute Gasteiger partial charge is 0.463 e. The number of para-hydroxylation sites is 2. The Morgan fingerprint density at radius 2 is 1.38 bits per heavy atom. The van der Waals surface area contributed by atoms with Gasteiger partial charge in [0.2, 0.25) is 11.1 Å². The molecule has 7 nitrogen and oxygen atoms in total. The molecule has 4 aromatic heterocycles. The van der Waals surface area contributed by atoms with Gasteiger partial charge in [-0.3, -0.25) is 9.36 Å². The van der Waals surface area contributed by atoms with E-state index in [9.17, 15) is 4.79 Å². The average molecular weight is 467 g/mol. The molecule has 0 saturated carbocycles. The number of hydrogen-bond donors (Lipinski definition) is 0. The molecular weight excluding hydrogens is 448 g/mol. The maximum atomic E-state index is 13.6. The molecule has 4 heterocycles. The maximum absolute atomic E-state index is 13.6. The fourth-order valence-corrected chi connectivity index (χ4v) is 4.83. The van der Waals surface area contributed by atoms with Crippen molar-refractivity contribution in [3.63, 3.8) is 0 Å². The van der Waals surface area contributed by atoms with Crippen LogP contribution in [0.2, 0.25) is 0 Å². The molecule has 0 fully saturated rings. The summed E-state index contributed by atoms with van der Waals surface area (Å²) in [5.41, 5.74) is 2.74. The SMILES string of the molecule is CC(Sc1nnc(-c2ccco2)c(-c2ccco2)n1)C(=O)n1c2ccccc2c2ccccc21. The Labute approximate surface area is 198 Å². The molecule has 0 N–H and O–H groups in total. The van der Waals surface area contributed by atoms with Gasteiger partial charge in [-0.15, -0.1) is 10.2 Å². The van der Waals surface area contributed by atoms with Gasteiger partial charge in [-0.25, -0.2) is 4.98 Å². The Hall–Kier alpha value is -4.17. The van der Waals surface area contributed by atoms with Gasteiger partial charge >= 0.3 is 0 Å². The van der Waals surface area contributed by atoms with E-state index in [1.165, 1.54) is 11.8 Å². The fraction of sp³-hybridized carbons (Fsp3) is 0.0769. The number of thioether (sulfide) groups is 1. The van der Waals surface area contributed by atoms with E-state index in [1.807, 2.05) is 55.5 Å². The second kappa shape index (κ2) is 8.31. The van der Waals surface area contributed by atoms with Gasteiger partial charge in [0, 0.05) is 10.8 Å². The quantitative estimate of drug-likeness (QED) is 0.275. The van der Waals surface area contributed by atoms with Crippen LogP contribution in [0, 0.1) is 0 Å². The molecule has 0 aliphatic heterocycles. The van der Waals surface area contributed by atoms with Crippen molar-refractivity contribution in [1.82, 2.24) is 19.7 Å². The normalized spacial score (nSPS) is 12.4. The lowest BCUT2D eigenvalue weighted by Gasteiger charge is -2.13. The number of nitrogens with zero attached hydrogens (tertiary/aromatic N) is 4. The van der Waals surface area contributed by atoms with Gasteiger partial charge in [0.1, 0.15) is 5.69 Å². The lowest BCUT2D eigenvalue weighted by molar-refractivity contribution is 0.0925. The minimum absolute atomic E-state index is 0.0549. The third-order valence-electron chi connectivity index (χ3n) is 5.61. The van der Waals surface area contributed by atoms with Gasteiger partial charge in [-0.2, -0.15) is 0 Å². The standard InChI is InChI=1S/C26H18N4O3S/c1-16(25(31)30-19-10-4-2-8-17(19)18-9-3-5-11-20(18)30)34-26-27-23(21-12-6-14-32-21)24(28-29-26)22-13-7-15-33-22/h2-16H,1H3. The van der Waals surface area contributed by atoms with Crippen molar-refractivity contribution in [2.75, 3.05) is 0 Å². The molecule has 0 bridgehead atoms. The van der Waals surface area contributed by atoms with Crippen LogP contribution in [0.1, 0.15) is 11.7 Å². The predicted molar refractivity (Wildman–Crippen MR) is 131 cm³/mol. The number of fused-ring (bicyclic) bond motifs is 3. The monoisotopic (exact) mass is 466 g/mol. The number of hydrogen-bond acceptors (Lipinski definition) is 7. The summed E-state index contributed by atoms with van der Waals surface area (Å²) in [7, 11) is 0. The van der Waals surface area contributed by atoms with Crippen molar-refractivity contribution in [3.8, 4) is 22.9 Å². The van der Waals surface area contributed by atoms with Gasteiger partial charge < -0.3 is 8.83 Å². The first-order valence-electron chi connectivity index (χ1n) is 10.7. The Kier molecular flexibility index (Phi) is 5.00. The molecule has 8 heteroatoms. The molecule has 34 heavy (non-hydrogen) atoms. The van der Waals surface area contributed by atoms with E-state index in [0.29, 0.717) is 28.1 Å². The van der Waals surface area contributed by atoms with Crippen molar-refractivity contribution in [1.29, 1.82) is 0 Å². The van der Waals surface area contributed by atoms with Crippen LogP contribution < -0.4 is 0 Å². The molecule has 0 aliphatic rings.